The number of aryl methyl sites for hydroxylation is 1. The first-order valence-corrected chi connectivity index (χ1v) is 4.81. The number of pyridine rings is 1. The average molecular weight is 188 g/mol. The predicted octanol–water partition coefficient (Wildman–Crippen LogP) is 2.06. The van der Waals surface area contributed by atoms with Gasteiger partial charge in [-0.3, -0.25) is 0 Å². The molecular weight excluding hydrogens is 174 g/mol. The Bertz CT molecular complexity index is 451. The van der Waals surface area contributed by atoms with E-state index in [2.05, 4.69) is 24.4 Å². The van der Waals surface area contributed by atoms with E-state index >= 15 is 0 Å². The van der Waals surface area contributed by atoms with Crippen molar-refractivity contribution in [2.75, 3.05) is 6.61 Å². The summed E-state index contributed by atoms with van der Waals surface area (Å²) in [4.78, 5) is 0. The monoisotopic (exact) mass is 188 g/mol. The molecule has 0 radical (unpaired) electrons. The fraction of sp³-hybridized carbons (Fsp3) is 0.250. The molecule has 0 aliphatic heterocycles. The minimum Gasteiger partial charge on any atom is -0.494 e. The van der Waals surface area contributed by atoms with Crippen LogP contribution >= 0.6 is 0 Å². The molecule has 0 aliphatic rings. The zero-order valence-corrected chi connectivity index (χ0v) is 8.53. The van der Waals surface area contributed by atoms with E-state index in [0.717, 1.165) is 5.75 Å². The van der Waals surface area contributed by atoms with Gasteiger partial charge in [-0.25, -0.2) is 4.57 Å². The molecule has 0 aliphatic carbocycles. The fourth-order valence-electron chi connectivity index (χ4n) is 1.53. The molecule has 0 saturated carbocycles. The minimum atomic E-state index is 0.714. The molecule has 0 bridgehead atoms. The first-order chi connectivity index (χ1) is 6.79. The van der Waals surface area contributed by atoms with Gasteiger partial charge in [0.25, 0.3) is 0 Å². The van der Waals surface area contributed by atoms with E-state index in [1.807, 2.05) is 30.8 Å². The van der Waals surface area contributed by atoms with Crippen LogP contribution in [0.5, 0.6) is 5.75 Å². The first kappa shape index (κ1) is 9.00. The predicted molar refractivity (Wildman–Crippen MR) is 56.3 cm³/mol. The van der Waals surface area contributed by atoms with Crippen molar-refractivity contribution in [3.05, 3.63) is 36.7 Å². The van der Waals surface area contributed by atoms with Crippen molar-refractivity contribution in [1.82, 2.24) is 0 Å². The highest BCUT2D eigenvalue weighted by atomic mass is 16.5. The number of benzene rings is 1. The molecule has 0 saturated heterocycles. The number of rotatable bonds is 2. The Hall–Kier alpha value is -1.57. The average Bonchev–Trinajstić information content (AvgIpc) is 2.19. The molecule has 2 heteroatoms. The second-order valence-electron chi connectivity index (χ2n) is 3.33. The fourth-order valence-corrected chi connectivity index (χ4v) is 1.53. The lowest BCUT2D eigenvalue weighted by atomic mass is 10.2. The number of ether oxygens (including phenoxy) is 1. The van der Waals surface area contributed by atoms with Crippen LogP contribution in [0.2, 0.25) is 0 Å². The van der Waals surface area contributed by atoms with Gasteiger partial charge in [0.15, 0.2) is 12.4 Å². The van der Waals surface area contributed by atoms with Crippen LogP contribution in [0.25, 0.3) is 10.8 Å². The zero-order valence-electron chi connectivity index (χ0n) is 8.53. The number of aromatic nitrogens is 1. The summed E-state index contributed by atoms with van der Waals surface area (Å²) < 4.78 is 7.48. The van der Waals surface area contributed by atoms with E-state index in [1.54, 1.807) is 0 Å². The van der Waals surface area contributed by atoms with Crippen LogP contribution in [0.3, 0.4) is 0 Å². The number of hydrogen-bond acceptors (Lipinski definition) is 1. The van der Waals surface area contributed by atoms with Crippen LogP contribution in [0.1, 0.15) is 6.92 Å². The van der Waals surface area contributed by atoms with E-state index < -0.39 is 0 Å². The molecule has 0 N–H and O–H groups in total. The van der Waals surface area contributed by atoms with Crippen LogP contribution in [0.15, 0.2) is 36.7 Å². The summed E-state index contributed by atoms with van der Waals surface area (Å²) in [6, 6.07) is 8.25. The van der Waals surface area contributed by atoms with Crippen molar-refractivity contribution in [1.29, 1.82) is 0 Å². The Morgan fingerprint density at radius 2 is 2.07 bits per heavy atom. The highest BCUT2D eigenvalue weighted by Crippen LogP contribution is 2.18. The van der Waals surface area contributed by atoms with E-state index in [-0.39, 0.29) is 0 Å². The van der Waals surface area contributed by atoms with Crippen molar-refractivity contribution < 1.29 is 9.30 Å². The van der Waals surface area contributed by atoms with Gasteiger partial charge in [0.1, 0.15) is 12.8 Å². The van der Waals surface area contributed by atoms with Gasteiger partial charge in [-0.15, -0.1) is 0 Å². The lowest BCUT2D eigenvalue weighted by molar-refractivity contribution is -0.670. The molecule has 72 valence electrons. The molecule has 2 nitrogen and oxygen atoms in total. The quantitative estimate of drug-likeness (QED) is 0.657. The van der Waals surface area contributed by atoms with Gasteiger partial charge >= 0.3 is 0 Å². The lowest BCUT2D eigenvalue weighted by Gasteiger charge is -2.03. The maximum Gasteiger partial charge on any atom is 0.176 e. The normalized spacial score (nSPS) is 10.4. The zero-order chi connectivity index (χ0) is 9.97. The summed E-state index contributed by atoms with van der Waals surface area (Å²) in [6.45, 7) is 2.71. The summed E-state index contributed by atoms with van der Waals surface area (Å²) in [5, 5.41) is 2.45. The second kappa shape index (κ2) is 3.66. The topological polar surface area (TPSA) is 13.1 Å². The Balaban J connectivity index is 2.50. The van der Waals surface area contributed by atoms with Gasteiger partial charge in [0.05, 0.1) is 6.61 Å². The summed E-state index contributed by atoms with van der Waals surface area (Å²) >= 11 is 0. The third-order valence-electron chi connectivity index (χ3n) is 2.20. The van der Waals surface area contributed by atoms with Gasteiger partial charge in [0.2, 0.25) is 0 Å². The van der Waals surface area contributed by atoms with E-state index in [9.17, 15) is 0 Å². The minimum absolute atomic E-state index is 0.714. The van der Waals surface area contributed by atoms with Gasteiger partial charge < -0.3 is 4.74 Å². The van der Waals surface area contributed by atoms with Crippen LogP contribution < -0.4 is 9.30 Å². The van der Waals surface area contributed by atoms with Crippen LogP contribution in [0.4, 0.5) is 0 Å². The largest absolute Gasteiger partial charge is 0.494 e. The molecule has 0 amide bonds. The van der Waals surface area contributed by atoms with Gasteiger partial charge in [-0.05, 0) is 30.5 Å². The van der Waals surface area contributed by atoms with Crippen LogP contribution in [-0.4, -0.2) is 6.61 Å². The Morgan fingerprint density at radius 1 is 1.21 bits per heavy atom. The van der Waals surface area contributed by atoms with Crippen LogP contribution in [-0.2, 0) is 7.05 Å². The van der Waals surface area contributed by atoms with Gasteiger partial charge in [-0.2, -0.15) is 0 Å². The maximum atomic E-state index is 5.44. The molecule has 0 atom stereocenters. The Labute approximate surface area is 83.8 Å². The molecule has 2 rings (SSSR count). The number of nitrogens with zero attached hydrogens (tertiary/aromatic N) is 1. The molecule has 2 aromatic rings. The molecular formula is C12H14NO+. The smallest absolute Gasteiger partial charge is 0.176 e. The number of fused-ring (bicyclic) bond motifs is 1. The van der Waals surface area contributed by atoms with Crippen molar-refractivity contribution in [3.63, 3.8) is 0 Å². The lowest BCUT2D eigenvalue weighted by Crippen LogP contribution is -2.25. The summed E-state index contributed by atoms with van der Waals surface area (Å²) in [6.07, 6.45) is 4.14. The van der Waals surface area contributed by atoms with Crippen molar-refractivity contribution >= 4 is 10.8 Å². The molecule has 1 aromatic carbocycles. The summed E-state index contributed by atoms with van der Waals surface area (Å²) in [5.74, 6) is 0.939. The molecule has 0 fully saturated rings. The SMILES string of the molecule is CCOc1ccc2c[n+](C)ccc2c1. The molecule has 0 unspecified atom stereocenters. The third-order valence-corrected chi connectivity index (χ3v) is 2.20. The van der Waals surface area contributed by atoms with E-state index in [4.69, 9.17) is 4.74 Å². The molecule has 1 heterocycles. The molecule has 14 heavy (non-hydrogen) atoms. The highest BCUT2D eigenvalue weighted by Gasteiger charge is 2.00. The van der Waals surface area contributed by atoms with Crippen molar-refractivity contribution in [2.45, 2.75) is 6.92 Å². The highest BCUT2D eigenvalue weighted by molar-refractivity contribution is 5.82. The van der Waals surface area contributed by atoms with E-state index in [0.29, 0.717) is 6.61 Å². The van der Waals surface area contributed by atoms with Crippen molar-refractivity contribution in [2.24, 2.45) is 7.05 Å². The van der Waals surface area contributed by atoms with Crippen LogP contribution in [0, 0.1) is 0 Å². The first-order valence-electron chi connectivity index (χ1n) is 4.81. The Kier molecular flexibility index (Phi) is 2.35. The maximum absolute atomic E-state index is 5.44. The van der Waals surface area contributed by atoms with Gasteiger partial charge in [-0.1, -0.05) is 0 Å². The van der Waals surface area contributed by atoms with Gasteiger partial charge in [0, 0.05) is 11.5 Å². The molecule has 0 spiro atoms. The second-order valence-corrected chi connectivity index (χ2v) is 3.33. The van der Waals surface area contributed by atoms with Crippen molar-refractivity contribution in [3.8, 4) is 5.75 Å². The third kappa shape index (κ3) is 1.69. The standard InChI is InChI=1S/C12H14NO/c1-3-14-12-5-4-11-9-13(2)7-6-10(11)8-12/h4-9H,3H2,1-2H3/q+1. The summed E-state index contributed by atoms with van der Waals surface area (Å²) in [7, 11) is 2.02. The molecule has 1 aromatic heterocycles. The van der Waals surface area contributed by atoms with E-state index in [1.165, 1.54) is 10.8 Å². The summed E-state index contributed by atoms with van der Waals surface area (Å²) in [5.41, 5.74) is 0. The number of hydrogen-bond donors (Lipinski definition) is 0. The Morgan fingerprint density at radius 3 is 2.86 bits per heavy atom.